The molecule has 0 unspecified atom stereocenters. The summed E-state index contributed by atoms with van der Waals surface area (Å²) in [4.78, 5) is 0. The molecule has 0 fully saturated rings. The molecule has 1 aromatic rings. The molecule has 1 N–H and O–H groups in total. The average Bonchev–Trinajstić information content (AvgIpc) is 2.42. The Labute approximate surface area is 126 Å². The molecule has 0 aliphatic rings. The second-order valence-corrected chi connectivity index (χ2v) is 5.77. The van der Waals surface area contributed by atoms with Crippen molar-refractivity contribution in [3.05, 3.63) is 28.2 Å². The molecule has 0 saturated heterocycles. The van der Waals surface area contributed by atoms with Crippen molar-refractivity contribution in [3.63, 3.8) is 0 Å². The van der Waals surface area contributed by atoms with Crippen LogP contribution in [0.1, 0.15) is 51.0 Å². The fourth-order valence-corrected chi connectivity index (χ4v) is 2.67. The minimum absolute atomic E-state index is 0.889. The molecule has 0 spiro atoms. The highest BCUT2D eigenvalue weighted by Crippen LogP contribution is 2.25. The quantitative estimate of drug-likeness (QED) is 0.616. The van der Waals surface area contributed by atoms with E-state index < -0.39 is 0 Å². The molecule has 0 atom stereocenters. The van der Waals surface area contributed by atoms with Crippen LogP contribution in [0, 0.1) is 0 Å². The van der Waals surface area contributed by atoms with Crippen molar-refractivity contribution in [1.82, 2.24) is 5.32 Å². The van der Waals surface area contributed by atoms with Crippen LogP contribution in [0.25, 0.3) is 0 Å². The fourth-order valence-electron chi connectivity index (χ4n) is 2.08. The number of nitrogens with one attached hydrogen (secondary N) is 1. The third kappa shape index (κ3) is 6.98. The summed E-state index contributed by atoms with van der Waals surface area (Å²) in [5, 5.41) is 3.50. The third-order valence-corrected chi connectivity index (χ3v) is 3.87. The van der Waals surface area contributed by atoms with Gasteiger partial charge >= 0.3 is 0 Å². The van der Waals surface area contributed by atoms with E-state index in [2.05, 4.69) is 40.3 Å². The van der Waals surface area contributed by atoms with Crippen LogP contribution in [0.3, 0.4) is 0 Å². The molecule has 0 saturated carbocycles. The number of benzene rings is 1. The minimum Gasteiger partial charge on any atom is -0.496 e. The van der Waals surface area contributed by atoms with Gasteiger partial charge in [0.1, 0.15) is 5.75 Å². The number of unbranched alkanes of at least 4 members (excludes halogenated alkanes) is 5. The Morgan fingerprint density at radius 1 is 1.11 bits per heavy atom. The van der Waals surface area contributed by atoms with E-state index in [4.69, 9.17) is 4.74 Å². The number of rotatable bonds is 10. The average molecular weight is 328 g/mol. The maximum Gasteiger partial charge on any atom is 0.133 e. The van der Waals surface area contributed by atoms with Crippen LogP contribution in [0.15, 0.2) is 22.7 Å². The van der Waals surface area contributed by atoms with E-state index in [0.717, 1.165) is 23.3 Å². The predicted molar refractivity (Wildman–Crippen MR) is 85.8 cm³/mol. The molecule has 19 heavy (non-hydrogen) atoms. The van der Waals surface area contributed by atoms with Gasteiger partial charge < -0.3 is 10.1 Å². The number of halogens is 1. The molecule has 0 bridgehead atoms. The summed E-state index contributed by atoms with van der Waals surface area (Å²) in [7, 11) is 1.69. The summed E-state index contributed by atoms with van der Waals surface area (Å²) in [5.74, 6) is 0.889. The molecule has 3 heteroatoms. The zero-order valence-electron chi connectivity index (χ0n) is 12.2. The molecule has 0 amide bonds. The molecule has 1 rings (SSSR count). The number of hydrogen-bond donors (Lipinski definition) is 1. The lowest BCUT2D eigenvalue weighted by atomic mass is 10.1. The second-order valence-electron chi connectivity index (χ2n) is 4.91. The van der Waals surface area contributed by atoms with Crippen LogP contribution in [0.5, 0.6) is 5.75 Å². The SMILES string of the molecule is CCCCCCCCNCc1ccc(OC)c(Br)c1. The van der Waals surface area contributed by atoms with Crippen LogP contribution in [0.4, 0.5) is 0 Å². The van der Waals surface area contributed by atoms with E-state index in [1.807, 2.05) is 6.07 Å². The first-order chi connectivity index (χ1) is 9.27. The van der Waals surface area contributed by atoms with Gasteiger partial charge in [0.25, 0.3) is 0 Å². The normalized spacial score (nSPS) is 10.7. The van der Waals surface area contributed by atoms with Gasteiger partial charge in [0.05, 0.1) is 11.6 Å². The van der Waals surface area contributed by atoms with Gasteiger partial charge in [-0.25, -0.2) is 0 Å². The Kier molecular flexibility index (Phi) is 8.93. The summed E-state index contributed by atoms with van der Waals surface area (Å²) in [6, 6.07) is 6.23. The lowest BCUT2D eigenvalue weighted by Gasteiger charge is -2.08. The Morgan fingerprint density at radius 3 is 2.53 bits per heavy atom. The highest BCUT2D eigenvalue weighted by Gasteiger charge is 2.00. The van der Waals surface area contributed by atoms with Crippen LogP contribution < -0.4 is 10.1 Å². The Balaban J connectivity index is 2.11. The summed E-state index contributed by atoms with van der Waals surface area (Å²) in [5.41, 5.74) is 1.29. The predicted octanol–water partition coefficient (Wildman–Crippen LogP) is 4.91. The van der Waals surface area contributed by atoms with E-state index in [1.54, 1.807) is 7.11 Å². The molecule has 0 aliphatic carbocycles. The van der Waals surface area contributed by atoms with Crippen molar-refractivity contribution in [2.24, 2.45) is 0 Å². The first-order valence-corrected chi connectivity index (χ1v) is 8.10. The van der Waals surface area contributed by atoms with Gasteiger partial charge in [-0.2, -0.15) is 0 Å². The van der Waals surface area contributed by atoms with Crippen LogP contribution in [-0.4, -0.2) is 13.7 Å². The molecule has 0 heterocycles. The third-order valence-electron chi connectivity index (χ3n) is 3.25. The van der Waals surface area contributed by atoms with Gasteiger partial charge in [0, 0.05) is 6.54 Å². The minimum atomic E-state index is 0.889. The van der Waals surface area contributed by atoms with Crippen molar-refractivity contribution in [2.75, 3.05) is 13.7 Å². The first-order valence-electron chi connectivity index (χ1n) is 7.31. The van der Waals surface area contributed by atoms with E-state index >= 15 is 0 Å². The van der Waals surface area contributed by atoms with Gasteiger partial charge in [0.15, 0.2) is 0 Å². The van der Waals surface area contributed by atoms with E-state index in [-0.39, 0.29) is 0 Å². The monoisotopic (exact) mass is 327 g/mol. The topological polar surface area (TPSA) is 21.3 Å². The number of methoxy groups -OCH3 is 1. The van der Waals surface area contributed by atoms with Crippen molar-refractivity contribution >= 4 is 15.9 Å². The smallest absolute Gasteiger partial charge is 0.133 e. The molecule has 2 nitrogen and oxygen atoms in total. The Bertz CT molecular complexity index is 355. The Morgan fingerprint density at radius 2 is 1.84 bits per heavy atom. The van der Waals surface area contributed by atoms with E-state index in [9.17, 15) is 0 Å². The standard InChI is InChI=1S/C16H26BrNO/c1-3-4-5-6-7-8-11-18-13-14-9-10-16(19-2)15(17)12-14/h9-10,12,18H,3-8,11,13H2,1-2H3. The van der Waals surface area contributed by atoms with Gasteiger partial charge in [-0.15, -0.1) is 0 Å². The van der Waals surface area contributed by atoms with Crippen molar-refractivity contribution in [1.29, 1.82) is 0 Å². The van der Waals surface area contributed by atoms with Crippen molar-refractivity contribution in [2.45, 2.75) is 52.0 Å². The Hall–Kier alpha value is -0.540. The zero-order chi connectivity index (χ0) is 13.9. The van der Waals surface area contributed by atoms with Gasteiger partial charge in [0.2, 0.25) is 0 Å². The van der Waals surface area contributed by atoms with Gasteiger partial charge in [-0.3, -0.25) is 0 Å². The summed E-state index contributed by atoms with van der Waals surface area (Å²) >= 11 is 3.51. The molecule has 1 aromatic carbocycles. The fraction of sp³-hybridized carbons (Fsp3) is 0.625. The van der Waals surface area contributed by atoms with E-state index in [1.165, 1.54) is 44.1 Å². The maximum atomic E-state index is 5.22. The van der Waals surface area contributed by atoms with Crippen molar-refractivity contribution < 1.29 is 4.74 Å². The highest BCUT2D eigenvalue weighted by atomic mass is 79.9. The van der Waals surface area contributed by atoms with Crippen LogP contribution in [-0.2, 0) is 6.54 Å². The lowest BCUT2D eigenvalue weighted by Crippen LogP contribution is -2.14. The van der Waals surface area contributed by atoms with Crippen LogP contribution >= 0.6 is 15.9 Å². The molecule has 0 aromatic heterocycles. The first kappa shape index (κ1) is 16.5. The summed E-state index contributed by atoms with van der Waals surface area (Å²) in [6.45, 7) is 4.29. The second kappa shape index (κ2) is 10.3. The van der Waals surface area contributed by atoms with Gasteiger partial charge in [-0.05, 0) is 46.6 Å². The largest absolute Gasteiger partial charge is 0.496 e. The molecule has 0 radical (unpaired) electrons. The number of ether oxygens (including phenoxy) is 1. The van der Waals surface area contributed by atoms with Gasteiger partial charge in [-0.1, -0.05) is 45.1 Å². The zero-order valence-corrected chi connectivity index (χ0v) is 13.8. The maximum absolute atomic E-state index is 5.22. The number of hydrogen-bond acceptors (Lipinski definition) is 2. The van der Waals surface area contributed by atoms with E-state index in [0.29, 0.717) is 0 Å². The molecular weight excluding hydrogens is 302 g/mol. The summed E-state index contributed by atoms with van der Waals surface area (Å²) < 4.78 is 6.24. The van der Waals surface area contributed by atoms with Crippen molar-refractivity contribution in [3.8, 4) is 5.75 Å². The molecule has 108 valence electrons. The highest BCUT2D eigenvalue weighted by molar-refractivity contribution is 9.10. The van der Waals surface area contributed by atoms with Crippen LogP contribution in [0.2, 0.25) is 0 Å². The summed E-state index contributed by atoms with van der Waals surface area (Å²) in [6.07, 6.45) is 8.10. The lowest BCUT2D eigenvalue weighted by molar-refractivity contribution is 0.412. The molecular formula is C16H26BrNO. The molecule has 0 aliphatic heterocycles.